The average molecular weight is 454 g/mol. The van der Waals surface area contributed by atoms with E-state index in [9.17, 15) is 19.8 Å². The van der Waals surface area contributed by atoms with Crippen molar-refractivity contribution in [3.05, 3.63) is 95.2 Å². The molecule has 170 valence electrons. The number of Topliss-reactive ketones (excluding diaryl/α,β-unsaturated/α-hetero) is 1. The Kier molecular flexibility index (Phi) is 5.09. The second-order valence-electron chi connectivity index (χ2n) is 8.15. The van der Waals surface area contributed by atoms with Gasteiger partial charge in [0.25, 0.3) is 11.7 Å². The summed E-state index contributed by atoms with van der Waals surface area (Å²) in [5.74, 6) is -1.81. The second-order valence-corrected chi connectivity index (χ2v) is 8.15. The number of methoxy groups -OCH3 is 1. The smallest absolute Gasteiger partial charge is 0.300 e. The number of nitrogens with one attached hydrogen (secondary N) is 1. The molecular weight excluding hydrogens is 432 g/mol. The largest absolute Gasteiger partial charge is 0.507 e. The monoisotopic (exact) mass is 454 g/mol. The van der Waals surface area contributed by atoms with Crippen LogP contribution in [0.2, 0.25) is 0 Å². The number of aliphatic hydroxyl groups excluding tert-OH is 1. The van der Waals surface area contributed by atoms with Crippen molar-refractivity contribution in [3.8, 4) is 11.5 Å². The van der Waals surface area contributed by atoms with E-state index in [1.165, 1.54) is 18.1 Å². The zero-order valence-electron chi connectivity index (χ0n) is 18.6. The summed E-state index contributed by atoms with van der Waals surface area (Å²) in [7, 11) is 1.47. The molecule has 3 aromatic carbocycles. The number of hydrogen-bond acceptors (Lipinski definition) is 5. The zero-order valence-corrected chi connectivity index (χ0v) is 18.6. The Morgan fingerprint density at radius 1 is 1.03 bits per heavy atom. The zero-order chi connectivity index (χ0) is 24.0. The Bertz CT molecular complexity index is 1480. The van der Waals surface area contributed by atoms with Gasteiger partial charge in [0.15, 0.2) is 0 Å². The molecule has 0 saturated carbocycles. The van der Waals surface area contributed by atoms with Crippen molar-refractivity contribution in [3.63, 3.8) is 0 Å². The number of aromatic nitrogens is 1. The van der Waals surface area contributed by atoms with Crippen molar-refractivity contribution >= 4 is 34.0 Å². The lowest BCUT2D eigenvalue weighted by atomic mass is 9.94. The number of phenols is 1. The van der Waals surface area contributed by atoms with Gasteiger partial charge in [-0.05, 0) is 37.3 Å². The van der Waals surface area contributed by atoms with Gasteiger partial charge < -0.3 is 19.9 Å². The fourth-order valence-electron chi connectivity index (χ4n) is 4.52. The number of nitrogens with zero attached hydrogens (tertiary/aromatic N) is 1. The van der Waals surface area contributed by atoms with E-state index in [0.717, 1.165) is 16.5 Å². The van der Waals surface area contributed by atoms with Crippen molar-refractivity contribution in [2.75, 3.05) is 12.0 Å². The number of anilines is 1. The number of benzene rings is 3. The van der Waals surface area contributed by atoms with E-state index < -0.39 is 17.7 Å². The number of fused-ring (bicyclic) bond motifs is 1. The third-order valence-electron chi connectivity index (χ3n) is 6.11. The number of carbonyl (C=O) groups is 2. The molecule has 1 unspecified atom stereocenters. The first kappa shape index (κ1) is 21.3. The van der Waals surface area contributed by atoms with Crippen LogP contribution in [0.4, 0.5) is 5.69 Å². The first-order valence-electron chi connectivity index (χ1n) is 10.7. The lowest BCUT2D eigenvalue weighted by molar-refractivity contribution is -0.132. The number of para-hydroxylation sites is 3. The fraction of sp³-hybridized carbons (Fsp3) is 0.111. The summed E-state index contributed by atoms with van der Waals surface area (Å²) >= 11 is 0. The number of phenolic OH excluding ortho intramolecular Hbond substituents is 1. The molecule has 1 fully saturated rings. The number of hydrogen-bond donors (Lipinski definition) is 3. The van der Waals surface area contributed by atoms with E-state index >= 15 is 0 Å². The molecular formula is C27H22N2O5. The van der Waals surface area contributed by atoms with Crippen LogP contribution < -0.4 is 9.64 Å². The van der Waals surface area contributed by atoms with Gasteiger partial charge in [0, 0.05) is 22.7 Å². The van der Waals surface area contributed by atoms with Crippen molar-refractivity contribution in [2.45, 2.75) is 13.0 Å². The summed E-state index contributed by atoms with van der Waals surface area (Å²) in [4.78, 5) is 31.2. The Balaban J connectivity index is 1.83. The van der Waals surface area contributed by atoms with Gasteiger partial charge in [-0.25, -0.2) is 0 Å². The van der Waals surface area contributed by atoms with Gasteiger partial charge in [0.1, 0.15) is 17.3 Å². The second kappa shape index (κ2) is 8.12. The molecule has 2 heterocycles. The maximum atomic E-state index is 13.4. The summed E-state index contributed by atoms with van der Waals surface area (Å²) in [5.41, 5.74) is 2.68. The van der Waals surface area contributed by atoms with Crippen LogP contribution in [0.25, 0.3) is 16.7 Å². The number of ether oxygens (including phenoxy) is 1. The van der Waals surface area contributed by atoms with Crippen molar-refractivity contribution < 1.29 is 24.5 Å². The number of amides is 1. The molecule has 34 heavy (non-hydrogen) atoms. The quantitative estimate of drug-likeness (QED) is 0.233. The Morgan fingerprint density at radius 3 is 2.53 bits per heavy atom. The predicted molar refractivity (Wildman–Crippen MR) is 129 cm³/mol. The Hall–Kier alpha value is -4.52. The van der Waals surface area contributed by atoms with Gasteiger partial charge >= 0.3 is 0 Å². The van der Waals surface area contributed by atoms with Crippen LogP contribution in [0.15, 0.2) is 78.5 Å². The van der Waals surface area contributed by atoms with E-state index in [-0.39, 0.29) is 22.8 Å². The van der Waals surface area contributed by atoms with Crippen LogP contribution >= 0.6 is 0 Å². The SMILES string of the molecule is COc1ccc(C)cc1/C(O)=C1\C(=O)C(=O)N(c2ccccc2O)C1c1c[nH]c2ccccc12. The molecule has 1 atom stereocenters. The molecule has 5 rings (SSSR count). The van der Waals surface area contributed by atoms with Crippen LogP contribution in [0.1, 0.15) is 22.7 Å². The molecule has 1 saturated heterocycles. The summed E-state index contributed by atoms with van der Waals surface area (Å²) in [6.07, 6.45) is 1.72. The van der Waals surface area contributed by atoms with Crippen LogP contribution in [-0.4, -0.2) is 34.0 Å². The minimum absolute atomic E-state index is 0.0816. The van der Waals surface area contributed by atoms with Gasteiger partial charge in [-0.3, -0.25) is 14.5 Å². The van der Waals surface area contributed by atoms with Gasteiger partial charge in [-0.15, -0.1) is 0 Å². The normalized spacial score (nSPS) is 17.5. The summed E-state index contributed by atoms with van der Waals surface area (Å²) < 4.78 is 5.42. The molecule has 1 amide bonds. The highest BCUT2D eigenvalue weighted by Gasteiger charge is 2.48. The fourth-order valence-corrected chi connectivity index (χ4v) is 4.52. The summed E-state index contributed by atoms with van der Waals surface area (Å²) in [6, 6.07) is 18.1. The first-order chi connectivity index (χ1) is 16.4. The maximum absolute atomic E-state index is 13.4. The highest BCUT2D eigenvalue weighted by molar-refractivity contribution is 6.52. The van der Waals surface area contributed by atoms with E-state index in [1.54, 1.807) is 36.5 Å². The standard InChI is InChI=1S/C27H22N2O5/c1-15-11-12-22(34-2)17(13-15)25(31)23-24(18-14-28-19-8-4-3-7-16(18)19)29(27(33)26(23)32)20-9-5-6-10-21(20)30/h3-14,24,28,30-31H,1-2H3/b25-23+. The van der Waals surface area contributed by atoms with Gasteiger partial charge in [0.05, 0.1) is 30.0 Å². The summed E-state index contributed by atoms with van der Waals surface area (Å²) in [6.45, 7) is 1.86. The molecule has 3 N–H and O–H groups in total. The Labute approximate surface area is 195 Å². The first-order valence-corrected chi connectivity index (χ1v) is 10.7. The Morgan fingerprint density at radius 2 is 1.76 bits per heavy atom. The van der Waals surface area contributed by atoms with Crippen molar-refractivity contribution in [2.24, 2.45) is 0 Å². The van der Waals surface area contributed by atoms with E-state index in [0.29, 0.717) is 16.9 Å². The number of aromatic amines is 1. The highest BCUT2D eigenvalue weighted by Crippen LogP contribution is 2.47. The molecule has 0 radical (unpaired) electrons. The third kappa shape index (κ3) is 3.21. The van der Waals surface area contributed by atoms with E-state index in [4.69, 9.17) is 4.74 Å². The highest BCUT2D eigenvalue weighted by atomic mass is 16.5. The number of H-pyrrole nitrogens is 1. The number of carbonyl (C=O) groups excluding carboxylic acids is 2. The molecule has 4 aromatic rings. The molecule has 1 aliphatic rings. The van der Waals surface area contributed by atoms with Gasteiger partial charge in [-0.2, -0.15) is 0 Å². The molecule has 0 bridgehead atoms. The molecule has 1 aromatic heterocycles. The number of aromatic hydroxyl groups is 1. The van der Waals surface area contributed by atoms with Crippen LogP contribution in [-0.2, 0) is 9.59 Å². The molecule has 7 heteroatoms. The number of aryl methyl sites for hydroxylation is 1. The number of aliphatic hydroxyl groups is 1. The van der Waals surface area contributed by atoms with Crippen molar-refractivity contribution in [1.29, 1.82) is 0 Å². The molecule has 0 spiro atoms. The van der Waals surface area contributed by atoms with E-state index in [2.05, 4.69) is 4.98 Å². The lowest BCUT2D eigenvalue weighted by Gasteiger charge is -2.25. The van der Waals surface area contributed by atoms with Crippen LogP contribution in [0.3, 0.4) is 0 Å². The average Bonchev–Trinajstić information content (AvgIpc) is 3.38. The number of ketones is 1. The molecule has 7 nitrogen and oxygen atoms in total. The van der Waals surface area contributed by atoms with Crippen molar-refractivity contribution in [1.82, 2.24) is 4.98 Å². The van der Waals surface area contributed by atoms with E-state index in [1.807, 2.05) is 37.3 Å². The predicted octanol–water partition coefficient (Wildman–Crippen LogP) is 4.82. The topological polar surface area (TPSA) is 103 Å². The van der Waals surface area contributed by atoms with Gasteiger partial charge in [0.2, 0.25) is 0 Å². The number of rotatable bonds is 4. The minimum atomic E-state index is -0.977. The lowest BCUT2D eigenvalue weighted by Crippen LogP contribution is -2.29. The molecule has 1 aliphatic heterocycles. The van der Waals surface area contributed by atoms with Gasteiger partial charge in [-0.1, -0.05) is 42.0 Å². The summed E-state index contributed by atoms with van der Waals surface area (Å²) in [5, 5.41) is 22.8. The van der Waals surface area contributed by atoms with Crippen LogP contribution in [0, 0.1) is 6.92 Å². The molecule has 0 aliphatic carbocycles. The minimum Gasteiger partial charge on any atom is -0.507 e. The van der Waals surface area contributed by atoms with Crippen LogP contribution in [0.5, 0.6) is 11.5 Å². The third-order valence-corrected chi connectivity index (χ3v) is 6.11. The maximum Gasteiger partial charge on any atom is 0.300 e.